The number of benzene rings is 2. The van der Waals surface area contributed by atoms with E-state index in [-0.39, 0.29) is 17.9 Å². The second-order valence-electron chi connectivity index (χ2n) is 9.52. The first kappa shape index (κ1) is 27.5. The third kappa shape index (κ3) is 5.74. The summed E-state index contributed by atoms with van der Waals surface area (Å²) in [7, 11) is 3.27. The Bertz CT molecular complexity index is 1440. The van der Waals surface area contributed by atoms with Gasteiger partial charge in [0.15, 0.2) is 6.61 Å². The highest BCUT2D eigenvalue weighted by atomic mass is 32.2. The molecule has 9 heteroatoms. The van der Waals surface area contributed by atoms with Crippen molar-refractivity contribution in [3.63, 3.8) is 0 Å². The number of carbonyl (C=O) groups is 2. The Morgan fingerprint density at radius 1 is 1.02 bits per heavy atom. The van der Waals surface area contributed by atoms with E-state index in [1.54, 1.807) is 32.5 Å². The minimum atomic E-state index is -0.587. The lowest BCUT2D eigenvalue weighted by molar-refractivity contribution is -0.137. The second kappa shape index (κ2) is 12.4. The highest BCUT2D eigenvalue weighted by molar-refractivity contribution is 7.98. The molecule has 3 aromatic rings. The number of pyridine rings is 1. The van der Waals surface area contributed by atoms with E-state index in [4.69, 9.17) is 19.3 Å². The van der Waals surface area contributed by atoms with Crippen LogP contribution in [0.4, 0.5) is 0 Å². The van der Waals surface area contributed by atoms with Crippen LogP contribution in [0.3, 0.4) is 0 Å². The number of nitrogens with zero attached hydrogens (tertiary/aromatic N) is 3. The molecule has 1 fully saturated rings. The number of aromatic nitrogens is 1. The normalized spacial score (nSPS) is 19.1. The van der Waals surface area contributed by atoms with Crippen molar-refractivity contribution < 1.29 is 23.8 Å². The Balaban J connectivity index is 1.43. The van der Waals surface area contributed by atoms with E-state index in [9.17, 15) is 9.59 Å². The van der Waals surface area contributed by atoms with Gasteiger partial charge in [0, 0.05) is 12.1 Å². The molecule has 0 saturated heterocycles. The molecule has 0 spiro atoms. The number of methoxy groups -OCH3 is 2. The van der Waals surface area contributed by atoms with Gasteiger partial charge in [-0.05, 0) is 84.7 Å². The fourth-order valence-corrected chi connectivity index (χ4v) is 5.76. The fourth-order valence-electron chi connectivity index (χ4n) is 5.22. The predicted octanol–water partition coefficient (Wildman–Crippen LogP) is 5.80. The summed E-state index contributed by atoms with van der Waals surface area (Å²) in [6.07, 6.45) is 8.33. The monoisotopic (exact) mass is 557 g/mol. The number of esters is 1. The molecule has 1 amide bonds. The summed E-state index contributed by atoms with van der Waals surface area (Å²) in [5.41, 5.74) is 4.33. The molecule has 2 aliphatic rings. The molecule has 206 valence electrons. The maximum absolute atomic E-state index is 13.6. The topological polar surface area (TPSA) is 90.3 Å². The molecule has 2 aromatic carbocycles. The minimum Gasteiger partial charge on any atom is -0.497 e. The van der Waals surface area contributed by atoms with Gasteiger partial charge in [0.2, 0.25) is 0 Å². The van der Waals surface area contributed by atoms with Crippen LogP contribution < -0.4 is 9.47 Å². The Hall–Kier alpha value is -4.11. The van der Waals surface area contributed by atoms with Crippen LogP contribution in [0.1, 0.15) is 46.8 Å². The lowest BCUT2D eigenvalue weighted by atomic mass is 9.77. The summed E-state index contributed by atoms with van der Waals surface area (Å²) in [6.45, 7) is -0.421. The summed E-state index contributed by atoms with van der Waals surface area (Å²) in [6, 6.07) is 18.6. The van der Waals surface area contributed by atoms with Gasteiger partial charge in [-0.3, -0.25) is 4.79 Å². The molecule has 0 radical (unpaired) electrons. The lowest BCUT2D eigenvalue weighted by Gasteiger charge is -2.29. The number of amides is 1. The van der Waals surface area contributed by atoms with Crippen molar-refractivity contribution in [1.29, 1.82) is 0 Å². The molecule has 5 rings (SSSR count). The number of ether oxygens (including phenoxy) is 3. The van der Waals surface area contributed by atoms with Crippen LogP contribution in [0.5, 0.6) is 11.5 Å². The quantitative estimate of drug-likeness (QED) is 0.255. The standard InChI is InChI=1S/C31H31N3O5S/c1-37-23-13-9-20(10-14-23)18-22-6-4-7-25-28(22)33-34(29(25)21-11-15-24(38-2)16-12-21)27(35)19-39-31(36)26-8-5-17-32-30(26)40-3/h5,8-18,25,29H,4,6-7,19H2,1-3H3. The number of hydrazone groups is 1. The summed E-state index contributed by atoms with van der Waals surface area (Å²) in [5.74, 6) is 0.585. The summed E-state index contributed by atoms with van der Waals surface area (Å²) >= 11 is 1.35. The lowest BCUT2D eigenvalue weighted by Crippen LogP contribution is -2.34. The first-order valence-corrected chi connectivity index (χ1v) is 14.3. The van der Waals surface area contributed by atoms with Crippen LogP contribution in [0, 0.1) is 5.92 Å². The summed E-state index contributed by atoms with van der Waals surface area (Å²) < 4.78 is 16.1. The molecular weight excluding hydrogens is 526 g/mol. The molecule has 40 heavy (non-hydrogen) atoms. The maximum atomic E-state index is 13.6. The first-order chi connectivity index (χ1) is 19.5. The molecule has 1 aliphatic heterocycles. The molecule has 1 aromatic heterocycles. The highest BCUT2D eigenvalue weighted by Gasteiger charge is 2.44. The van der Waals surface area contributed by atoms with Crippen LogP contribution in [-0.2, 0) is 9.53 Å². The van der Waals surface area contributed by atoms with E-state index in [1.807, 2.05) is 54.8 Å². The van der Waals surface area contributed by atoms with Gasteiger partial charge in [-0.25, -0.2) is 14.8 Å². The third-order valence-corrected chi connectivity index (χ3v) is 7.89. The van der Waals surface area contributed by atoms with Gasteiger partial charge in [-0.15, -0.1) is 11.8 Å². The van der Waals surface area contributed by atoms with E-state index < -0.39 is 12.6 Å². The summed E-state index contributed by atoms with van der Waals surface area (Å²) in [5, 5.41) is 6.93. The molecule has 0 bridgehead atoms. The van der Waals surface area contributed by atoms with Gasteiger partial charge in [0.05, 0.1) is 31.5 Å². The van der Waals surface area contributed by atoms with E-state index in [2.05, 4.69) is 11.1 Å². The van der Waals surface area contributed by atoms with Gasteiger partial charge >= 0.3 is 5.97 Å². The Morgan fingerprint density at radius 3 is 2.40 bits per heavy atom. The van der Waals surface area contributed by atoms with E-state index in [0.717, 1.165) is 53.2 Å². The smallest absolute Gasteiger partial charge is 0.341 e. The van der Waals surface area contributed by atoms with Crippen molar-refractivity contribution in [3.8, 4) is 11.5 Å². The van der Waals surface area contributed by atoms with Crippen LogP contribution in [-0.4, -0.2) is 54.7 Å². The van der Waals surface area contributed by atoms with Crippen molar-refractivity contribution >= 4 is 35.4 Å². The minimum absolute atomic E-state index is 0.0210. The molecule has 0 N–H and O–H groups in total. The van der Waals surface area contributed by atoms with E-state index in [0.29, 0.717) is 10.6 Å². The molecule has 2 heterocycles. The van der Waals surface area contributed by atoms with Crippen molar-refractivity contribution in [2.75, 3.05) is 27.1 Å². The molecule has 1 aliphatic carbocycles. The highest BCUT2D eigenvalue weighted by Crippen LogP contribution is 2.44. The SMILES string of the molecule is COc1ccc(C=C2CCCC3C2=NN(C(=O)COC(=O)c2cccnc2SC)C3c2ccc(OC)cc2)cc1. The van der Waals surface area contributed by atoms with Crippen LogP contribution in [0.2, 0.25) is 0 Å². The van der Waals surface area contributed by atoms with Crippen LogP contribution in [0.15, 0.2) is 82.6 Å². The Labute approximate surface area is 238 Å². The Kier molecular flexibility index (Phi) is 8.50. The van der Waals surface area contributed by atoms with Gasteiger partial charge in [0.25, 0.3) is 5.91 Å². The number of hydrogen-bond donors (Lipinski definition) is 0. The zero-order chi connectivity index (χ0) is 28.1. The van der Waals surface area contributed by atoms with Crippen LogP contribution >= 0.6 is 11.8 Å². The average molecular weight is 558 g/mol. The number of carbonyl (C=O) groups excluding carboxylic acids is 2. The van der Waals surface area contributed by atoms with Gasteiger partial charge in [-0.2, -0.15) is 5.10 Å². The van der Waals surface area contributed by atoms with E-state index >= 15 is 0 Å². The molecule has 8 nitrogen and oxygen atoms in total. The van der Waals surface area contributed by atoms with Gasteiger partial charge in [-0.1, -0.05) is 24.3 Å². The number of hydrogen-bond acceptors (Lipinski definition) is 8. The van der Waals surface area contributed by atoms with Crippen molar-refractivity contribution in [2.24, 2.45) is 11.0 Å². The average Bonchev–Trinajstić information content (AvgIpc) is 3.41. The molecule has 2 atom stereocenters. The third-order valence-electron chi connectivity index (χ3n) is 7.18. The second-order valence-corrected chi connectivity index (χ2v) is 10.3. The number of thioether (sulfide) groups is 1. The van der Waals surface area contributed by atoms with Gasteiger partial charge < -0.3 is 14.2 Å². The maximum Gasteiger partial charge on any atom is 0.341 e. The largest absolute Gasteiger partial charge is 0.497 e. The molecule has 2 unspecified atom stereocenters. The van der Waals surface area contributed by atoms with E-state index in [1.165, 1.54) is 16.8 Å². The molecule has 1 saturated carbocycles. The van der Waals surface area contributed by atoms with Crippen molar-refractivity contribution in [1.82, 2.24) is 9.99 Å². The number of fused-ring (bicyclic) bond motifs is 1. The molecular formula is C31H31N3O5S. The zero-order valence-corrected chi connectivity index (χ0v) is 23.5. The van der Waals surface area contributed by atoms with Crippen molar-refractivity contribution in [3.05, 3.63) is 89.1 Å². The predicted molar refractivity (Wildman–Crippen MR) is 155 cm³/mol. The van der Waals surface area contributed by atoms with Crippen LogP contribution in [0.25, 0.3) is 6.08 Å². The zero-order valence-electron chi connectivity index (χ0n) is 22.7. The van der Waals surface area contributed by atoms with Crippen molar-refractivity contribution in [2.45, 2.75) is 30.3 Å². The first-order valence-electron chi connectivity index (χ1n) is 13.1. The number of allylic oxidation sites excluding steroid dienone is 1. The fraction of sp³-hybridized carbons (Fsp3) is 0.290. The Morgan fingerprint density at radius 2 is 1.73 bits per heavy atom. The summed E-state index contributed by atoms with van der Waals surface area (Å²) in [4.78, 5) is 30.6. The van der Waals surface area contributed by atoms with Gasteiger partial charge in [0.1, 0.15) is 16.5 Å². The number of rotatable bonds is 8.